The van der Waals surface area contributed by atoms with Gasteiger partial charge in [-0.1, -0.05) is 42.0 Å². The SMILES string of the molecule is Cc1cccc(CN2C(=O)N/C(=C/c3ccc(Sc4nc5ccccc5[nH]4)o3)C2=O)c1. The average Bonchev–Trinajstić information content (AvgIpc) is 3.43. The first kappa shape index (κ1) is 19.2. The summed E-state index contributed by atoms with van der Waals surface area (Å²) in [5.41, 5.74) is 3.99. The highest BCUT2D eigenvalue weighted by molar-refractivity contribution is 7.99. The quantitative estimate of drug-likeness (QED) is 0.353. The van der Waals surface area contributed by atoms with E-state index in [0.29, 0.717) is 16.0 Å². The van der Waals surface area contributed by atoms with E-state index in [2.05, 4.69) is 15.3 Å². The zero-order valence-electron chi connectivity index (χ0n) is 16.6. The molecule has 1 aliphatic heterocycles. The zero-order valence-corrected chi connectivity index (χ0v) is 17.4. The van der Waals surface area contributed by atoms with Gasteiger partial charge in [0.2, 0.25) is 0 Å². The maximum Gasteiger partial charge on any atom is 0.329 e. The highest BCUT2D eigenvalue weighted by Crippen LogP contribution is 2.29. The predicted octanol–water partition coefficient (Wildman–Crippen LogP) is 4.71. The molecule has 0 atom stereocenters. The van der Waals surface area contributed by atoms with Gasteiger partial charge < -0.3 is 14.7 Å². The number of hydrogen-bond acceptors (Lipinski definition) is 5. The van der Waals surface area contributed by atoms with Crippen LogP contribution >= 0.6 is 11.8 Å². The minimum absolute atomic E-state index is 0.187. The van der Waals surface area contributed by atoms with Crippen molar-refractivity contribution in [3.8, 4) is 0 Å². The lowest BCUT2D eigenvalue weighted by atomic mass is 10.1. The Morgan fingerprint density at radius 1 is 1.10 bits per heavy atom. The maximum absolute atomic E-state index is 12.7. The molecule has 0 bridgehead atoms. The summed E-state index contributed by atoms with van der Waals surface area (Å²) in [6, 6.07) is 18.6. The number of benzene rings is 2. The van der Waals surface area contributed by atoms with E-state index < -0.39 is 6.03 Å². The van der Waals surface area contributed by atoms with Crippen molar-refractivity contribution >= 4 is 40.8 Å². The minimum atomic E-state index is -0.443. The number of rotatable bonds is 5. The number of imidazole rings is 1. The molecular weight excluding hydrogens is 412 g/mol. The molecule has 0 unspecified atom stereocenters. The molecule has 3 heterocycles. The van der Waals surface area contributed by atoms with Crippen molar-refractivity contribution in [2.75, 3.05) is 0 Å². The number of aromatic nitrogens is 2. The van der Waals surface area contributed by atoms with Gasteiger partial charge in [-0.15, -0.1) is 0 Å². The van der Waals surface area contributed by atoms with Crippen LogP contribution in [0.25, 0.3) is 17.1 Å². The van der Waals surface area contributed by atoms with Crippen molar-refractivity contribution in [3.05, 3.63) is 83.2 Å². The molecular formula is C23H18N4O3S. The summed E-state index contributed by atoms with van der Waals surface area (Å²) in [7, 11) is 0. The molecule has 1 saturated heterocycles. The van der Waals surface area contributed by atoms with E-state index >= 15 is 0 Å². The normalized spacial score (nSPS) is 15.3. The van der Waals surface area contributed by atoms with Gasteiger partial charge in [0.05, 0.1) is 17.6 Å². The number of carbonyl (C=O) groups is 2. The van der Waals surface area contributed by atoms with E-state index in [1.54, 1.807) is 18.2 Å². The van der Waals surface area contributed by atoms with Gasteiger partial charge in [0.15, 0.2) is 10.2 Å². The van der Waals surface area contributed by atoms with Crippen molar-refractivity contribution in [1.82, 2.24) is 20.2 Å². The number of carbonyl (C=O) groups excluding carboxylic acids is 2. The van der Waals surface area contributed by atoms with Crippen LogP contribution in [0.3, 0.4) is 0 Å². The van der Waals surface area contributed by atoms with Gasteiger partial charge in [-0.05, 0) is 48.5 Å². The Morgan fingerprint density at radius 3 is 2.81 bits per heavy atom. The van der Waals surface area contributed by atoms with Crippen LogP contribution in [0, 0.1) is 6.92 Å². The van der Waals surface area contributed by atoms with E-state index in [4.69, 9.17) is 4.42 Å². The lowest BCUT2D eigenvalue weighted by Crippen LogP contribution is -2.30. The second-order valence-corrected chi connectivity index (χ2v) is 8.18. The van der Waals surface area contributed by atoms with Crippen LogP contribution in [0.15, 0.2) is 81.0 Å². The zero-order chi connectivity index (χ0) is 21.4. The van der Waals surface area contributed by atoms with E-state index in [1.807, 2.05) is 55.5 Å². The smallest absolute Gasteiger partial charge is 0.329 e. The number of para-hydroxylation sites is 2. The number of aryl methyl sites for hydroxylation is 1. The number of furan rings is 1. The van der Waals surface area contributed by atoms with Crippen molar-refractivity contribution < 1.29 is 14.0 Å². The Bertz CT molecular complexity index is 1300. The van der Waals surface area contributed by atoms with Crippen molar-refractivity contribution in [1.29, 1.82) is 0 Å². The van der Waals surface area contributed by atoms with Crippen molar-refractivity contribution in [2.24, 2.45) is 0 Å². The molecule has 3 amide bonds. The molecule has 154 valence electrons. The van der Waals surface area contributed by atoms with Crippen molar-refractivity contribution in [3.63, 3.8) is 0 Å². The first-order valence-corrected chi connectivity index (χ1v) is 10.5. The summed E-state index contributed by atoms with van der Waals surface area (Å²) in [4.78, 5) is 34.0. The third kappa shape index (κ3) is 3.97. The largest absolute Gasteiger partial charge is 0.450 e. The molecule has 0 saturated carbocycles. The third-order valence-corrected chi connectivity index (χ3v) is 5.65. The van der Waals surface area contributed by atoms with Crippen LogP contribution in [0.4, 0.5) is 4.79 Å². The molecule has 0 radical (unpaired) electrons. The summed E-state index contributed by atoms with van der Waals surface area (Å²) < 4.78 is 5.80. The first-order valence-electron chi connectivity index (χ1n) is 9.68. The molecule has 4 aromatic rings. The number of aromatic amines is 1. The number of hydrogen-bond donors (Lipinski definition) is 2. The molecule has 5 rings (SSSR count). The molecule has 31 heavy (non-hydrogen) atoms. The molecule has 8 heteroatoms. The summed E-state index contributed by atoms with van der Waals surface area (Å²) in [5.74, 6) is 0.0917. The highest BCUT2D eigenvalue weighted by Gasteiger charge is 2.33. The Hall–Kier alpha value is -3.78. The number of amides is 3. The number of urea groups is 1. The maximum atomic E-state index is 12.7. The first-order chi connectivity index (χ1) is 15.0. The van der Waals surface area contributed by atoms with Crippen LogP contribution in [-0.4, -0.2) is 26.8 Å². The molecule has 7 nitrogen and oxygen atoms in total. The Balaban J connectivity index is 1.31. The second-order valence-electron chi connectivity index (χ2n) is 7.19. The minimum Gasteiger partial charge on any atom is -0.450 e. The van der Waals surface area contributed by atoms with Crippen LogP contribution < -0.4 is 5.32 Å². The standard InChI is InChI=1S/C23H18N4O3S/c1-14-5-4-6-15(11-14)13-27-21(28)19(26-23(27)29)12-16-9-10-20(30-16)31-22-24-17-7-2-3-8-18(17)25-22/h2-12H,13H2,1H3,(H,24,25)(H,26,29)/b19-12+. The topological polar surface area (TPSA) is 91.2 Å². The molecule has 2 aromatic heterocycles. The number of nitrogens with one attached hydrogen (secondary N) is 2. The summed E-state index contributed by atoms with van der Waals surface area (Å²) in [6.45, 7) is 2.19. The van der Waals surface area contributed by atoms with E-state index in [-0.39, 0.29) is 18.1 Å². The van der Waals surface area contributed by atoms with Gasteiger partial charge in [-0.25, -0.2) is 9.78 Å². The van der Waals surface area contributed by atoms with Gasteiger partial charge in [-0.2, -0.15) is 0 Å². The van der Waals surface area contributed by atoms with Crippen LogP contribution in [0.5, 0.6) is 0 Å². The van der Waals surface area contributed by atoms with E-state index in [9.17, 15) is 9.59 Å². The average molecular weight is 430 g/mol. The summed E-state index contributed by atoms with van der Waals surface area (Å²) in [5, 5.41) is 3.96. The second kappa shape index (κ2) is 7.81. The lowest BCUT2D eigenvalue weighted by Gasteiger charge is -2.12. The molecule has 1 aliphatic rings. The van der Waals surface area contributed by atoms with E-state index in [0.717, 1.165) is 22.2 Å². The third-order valence-electron chi connectivity index (χ3n) is 4.84. The lowest BCUT2D eigenvalue weighted by molar-refractivity contribution is -0.123. The number of imide groups is 1. The molecule has 2 aromatic carbocycles. The monoisotopic (exact) mass is 430 g/mol. The Labute approximate surface area is 182 Å². The Morgan fingerprint density at radius 2 is 1.97 bits per heavy atom. The number of H-pyrrole nitrogens is 1. The molecule has 2 N–H and O–H groups in total. The van der Waals surface area contributed by atoms with Gasteiger partial charge in [-0.3, -0.25) is 9.69 Å². The summed E-state index contributed by atoms with van der Waals surface area (Å²) in [6.07, 6.45) is 1.54. The summed E-state index contributed by atoms with van der Waals surface area (Å²) >= 11 is 1.35. The van der Waals surface area contributed by atoms with Gasteiger partial charge in [0.25, 0.3) is 5.91 Å². The van der Waals surface area contributed by atoms with Gasteiger partial charge >= 0.3 is 6.03 Å². The van der Waals surface area contributed by atoms with Crippen LogP contribution in [0.2, 0.25) is 0 Å². The fourth-order valence-corrected chi connectivity index (χ4v) is 4.16. The fraction of sp³-hybridized carbons (Fsp3) is 0.0870. The van der Waals surface area contributed by atoms with E-state index in [1.165, 1.54) is 16.7 Å². The predicted molar refractivity (Wildman–Crippen MR) is 117 cm³/mol. The highest BCUT2D eigenvalue weighted by atomic mass is 32.2. The van der Waals surface area contributed by atoms with Gasteiger partial charge in [0.1, 0.15) is 11.5 Å². The number of nitrogens with zero attached hydrogens (tertiary/aromatic N) is 2. The molecule has 1 fully saturated rings. The van der Waals surface area contributed by atoms with Crippen molar-refractivity contribution in [2.45, 2.75) is 23.7 Å². The van der Waals surface area contributed by atoms with Crippen LogP contribution in [-0.2, 0) is 11.3 Å². The van der Waals surface area contributed by atoms with Gasteiger partial charge in [0, 0.05) is 6.08 Å². The molecule has 0 spiro atoms. The number of fused-ring (bicyclic) bond motifs is 1. The Kier molecular flexibility index (Phi) is 4.83. The van der Waals surface area contributed by atoms with Crippen LogP contribution in [0.1, 0.15) is 16.9 Å². The molecule has 0 aliphatic carbocycles. The fourth-order valence-electron chi connectivity index (χ4n) is 3.39.